The number of hydrogen-bond donors (Lipinski definition) is 0. The Kier molecular flexibility index (Phi) is 4.95. The first-order chi connectivity index (χ1) is 9.57. The highest BCUT2D eigenvalue weighted by atomic mass is 79.9. The minimum absolute atomic E-state index is 0.0160. The predicted octanol–water partition coefficient (Wildman–Crippen LogP) is 5.25. The van der Waals surface area contributed by atoms with Crippen molar-refractivity contribution in [2.45, 2.75) is 43.9 Å². The minimum Gasteiger partial charge on any atom is -0.493 e. The summed E-state index contributed by atoms with van der Waals surface area (Å²) < 4.78 is 24.8. The van der Waals surface area contributed by atoms with E-state index < -0.39 is 0 Å². The van der Waals surface area contributed by atoms with Crippen LogP contribution in [0.4, 0.5) is 4.39 Å². The van der Waals surface area contributed by atoms with Crippen LogP contribution in [0.2, 0.25) is 0 Å². The summed E-state index contributed by atoms with van der Waals surface area (Å²) in [6, 6.07) is 3.18. The lowest BCUT2D eigenvalue weighted by Crippen LogP contribution is -2.22. The third kappa shape index (κ3) is 2.67. The molecule has 1 aliphatic carbocycles. The minimum atomic E-state index is -0.232. The van der Waals surface area contributed by atoms with Gasteiger partial charge in [-0.15, -0.1) is 0 Å². The fourth-order valence-electron chi connectivity index (χ4n) is 3.26. The van der Waals surface area contributed by atoms with E-state index in [1.54, 1.807) is 13.2 Å². The summed E-state index contributed by atoms with van der Waals surface area (Å²) in [5, 5.41) is 0. The Balaban J connectivity index is 2.41. The van der Waals surface area contributed by atoms with E-state index in [4.69, 9.17) is 9.47 Å². The van der Waals surface area contributed by atoms with Crippen LogP contribution in [-0.2, 0) is 0 Å². The molecule has 0 radical (unpaired) electrons. The van der Waals surface area contributed by atoms with E-state index in [2.05, 4.69) is 22.9 Å². The topological polar surface area (TPSA) is 18.5 Å². The molecule has 1 atom stereocenters. The molecule has 0 amide bonds. The Hall–Kier alpha value is -0.770. The van der Waals surface area contributed by atoms with Crippen LogP contribution in [0.25, 0.3) is 0 Å². The Morgan fingerprint density at radius 2 is 1.75 bits per heavy atom. The summed E-state index contributed by atoms with van der Waals surface area (Å²) >= 11 is 3.75. The highest BCUT2D eigenvalue weighted by Gasteiger charge is 2.40. The zero-order chi connectivity index (χ0) is 14.8. The standard InChI is InChI=1S/C16H22BrFO2/c1-4-16(7-5-6-8-16)15(17)11-9-13(19-2)14(20-3)10-12(11)18/h9-10,15H,4-8H2,1-3H3. The SMILES string of the molecule is CCC1(C(Br)c2cc(OC)c(OC)cc2F)CCCC1. The van der Waals surface area contributed by atoms with Crippen LogP contribution in [0.3, 0.4) is 0 Å². The van der Waals surface area contributed by atoms with Gasteiger partial charge in [-0.05, 0) is 30.7 Å². The van der Waals surface area contributed by atoms with Gasteiger partial charge in [0, 0.05) is 16.5 Å². The molecule has 20 heavy (non-hydrogen) atoms. The summed E-state index contributed by atoms with van der Waals surface area (Å²) in [6.07, 6.45) is 5.80. The molecule has 1 saturated carbocycles. The monoisotopic (exact) mass is 344 g/mol. The van der Waals surface area contributed by atoms with Crippen molar-refractivity contribution in [3.63, 3.8) is 0 Å². The van der Waals surface area contributed by atoms with Crippen LogP contribution in [0, 0.1) is 11.2 Å². The van der Waals surface area contributed by atoms with E-state index in [0.29, 0.717) is 17.1 Å². The molecule has 0 aromatic heterocycles. The molecule has 1 unspecified atom stereocenters. The number of benzene rings is 1. The van der Waals surface area contributed by atoms with Crippen LogP contribution in [-0.4, -0.2) is 14.2 Å². The number of methoxy groups -OCH3 is 2. The summed E-state index contributed by atoms with van der Waals surface area (Å²) in [4.78, 5) is 0.0160. The van der Waals surface area contributed by atoms with E-state index in [9.17, 15) is 4.39 Å². The maximum absolute atomic E-state index is 14.4. The van der Waals surface area contributed by atoms with E-state index in [1.807, 2.05) is 0 Å². The summed E-state index contributed by atoms with van der Waals surface area (Å²) in [6.45, 7) is 2.19. The molecule has 0 saturated heterocycles. The third-order valence-corrected chi connectivity index (χ3v) is 6.08. The van der Waals surface area contributed by atoms with Crippen molar-refractivity contribution in [1.82, 2.24) is 0 Å². The summed E-state index contributed by atoms with van der Waals surface area (Å²) in [7, 11) is 3.10. The summed E-state index contributed by atoms with van der Waals surface area (Å²) in [5.74, 6) is 0.785. The molecular formula is C16H22BrFO2. The molecule has 4 heteroatoms. The second kappa shape index (κ2) is 6.33. The molecule has 1 aromatic rings. The average Bonchev–Trinajstić information content (AvgIpc) is 2.96. The number of halogens is 2. The van der Waals surface area contributed by atoms with Gasteiger partial charge in [0.2, 0.25) is 0 Å². The Morgan fingerprint density at radius 3 is 2.25 bits per heavy atom. The Morgan fingerprint density at radius 1 is 1.20 bits per heavy atom. The maximum atomic E-state index is 14.4. The van der Waals surface area contributed by atoms with Crippen LogP contribution in [0.1, 0.15) is 49.4 Å². The van der Waals surface area contributed by atoms with Gasteiger partial charge >= 0.3 is 0 Å². The van der Waals surface area contributed by atoms with Crippen LogP contribution < -0.4 is 9.47 Å². The van der Waals surface area contributed by atoms with Crippen molar-refractivity contribution in [2.75, 3.05) is 14.2 Å². The smallest absolute Gasteiger partial charge is 0.163 e. The number of alkyl halides is 1. The van der Waals surface area contributed by atoms with E-state index in [0.717, 1.165) is 19.3 Å². The van der Waals surface area contributed by atoms with Crippen molar-refractivity contribution in [3.8, 4) is 11.5 Å². The molecule has 0 heterocycles. The highest BCUT2D eigenvalue weighted by Crippen LogP contribution is 2.55. The average molecular weight is 345 g/mol. The molecule has 2 rings (SSSR count). The maximum Gasteiger partial charge on any atom is 0.163 e. The quantitative estimate of drug-likeness (QED) is 0.679. The van der Waals surface area contributed by atoms with Gasteiger partial charge in [0.1, 0.15) is 5.82 Å². The second-order valence-corrected chi connectivity index (χ2v) is 6.43. The van der Waals surface area contributed by atoms with Crippen molar-refractivity contribution in [3.05, 3.63) is 23.5 Å². The van der Waals surface area contributed by atoms with Crippen LogP contribution in [0.5, 0.6) is 11.5 Å². The van der Waals surface area contributed by atoms with Crippen molar-refractivity contribution in [2.24, 2.45) is 5.41 Å². The molecule has 0 spiro atoms. The first-order valence-corrected chi connectivity index (χ1v) is 8.05. The largest absolute Gasteiger partial charge is 0.493 e. The van der Waals surface area contributed by atoms with Gasteiger partial charge in [0.25, 0.3) is 0 Å². The van der Waals surface area contributed by atoms with Crippen LogP contribution in [0.15, 0.2) is 12.1 Å². The zero-order valence-corrected chi connectivity index (χ0v) is 13.9. The van der Waals surface area contributed by atoms with E-state index in [-0.39, 0.29) is 16.1 Å². The molecule has 1 aromatic carbocycles. The van der Waals surface area contributed by atoms with Crippen molar-refractivity contribution < 1.29 is 13.9 Å². The van der Waals surface area contributed by atoms with Crippen molar-refractivity contribution >= 4 is 15.9 Å². The van der Waals surface area contributed by atoms with E-state index >= 15 is 0 Å². The van der Waals surface area contributed by atoms with Crippen molar-refractivity contribution in [1.29, 1.82) is 0 Å². The van der Waals surface area contributed by atoms with Gasteiger partial charge < -0.3 is 9.47 Å². The lowest BCUT2D eigenvalue weighted by Gasteiger charge is -2.34. The van der Waals surface area contributed by atoms with Gasteiger partial charge in [0.15, 0.2) is 11.5 Å². The second-order valence-electron chi connectivity index (χ2n) is 5.51. The fourth-order valence-corrected chi connectivity index (χ4v) is 4.39. The molecule has 1 fully saturated rings. The number of ether oxygens (including phenoxy) is 2. The van der Waals surface area contributed by atoms with Crippen LogP contribution >= 0.6 is 15.9 Å². The normalized spacial score (nSPS) is 18.9. The molecule has 1 aliphatic rings. The Labute approximate surface area is 128 Å². The Bertz CT molecular complexity index is 470. The van der Waals surface area contributed by atoms with Gasteiger partial charge in [-0.25, -0.2) is 4.39 Å². The fraction of sp³-hybridized carbons (Fsp3) is 0.625. The lowest BCUT2D eigenvalue weighted by molar-refractivity contribution is 0.274. The first-order valence-electron chi connectivity index (χ1n) is 7.13. The molecule has 0 N–H and O–H groups in total. The molecule has 2 nitrogen and oxygen atoms in total. The zero-order valence-electron chi connectivity index (χ0n) is 12.3. The van der Waals surface area contributed by atoms with Gasteiger partial charge in [-0.1, -0.05) is 35.7 Å². The lowest BCUT2D eigenvalue weighted by atomic mass is 9.77. The number of rotatable bonds is 5. The number of hydrogen-bond acceptors (Lipinski definition) is 2. The molecular weight excluding hydrogens is 323 g/mol. The van der Waals surface area contributed by atoms with Gasteiger partial charge in [0.05, 0.1) is 14.2 Å². The highest BCUT2D eigenvalue weighted by molar-refractivity contribution is 9.09. The summed E-state index contributed by atoms with van der Waals surface area (Å²) in [5.41, 5.74) is 0.826. The molecule has 112 valence electrons. The van der Waals surface area contributed by atoms with E-state index in [1.165, 1.54) is 26.0 Å². The predicted molar refractivity (Wildman–Crippen MR) is 82.4 cm³/mol. The molecule has 0 aliphatic heterocycles. The molecule has 0 bridgehead atoms. The van der Waals surface area contributed by atoms with Gasteiger partial charge in [-0.2, -0.15) is 0 Å². The first kappa shape index (κ1) is 15.6. The third-order valence-electron chi connectivity index (χ3n) is 4.62. The van der Waals surface area contributed by atoms with Gasteiger partial charge in [-0.3, -0.25) is 0 Å².